The second kappa shape index (κ2) is 5.08. The normalized spacial score (nSPS) is 12.9. The molecule has 4 nitrogen and oxygen atoms in total. The number of ether oxygens (including phenoxy) is 1. The second-order valence-corrected chi connectivity index (χ2v) is 4.86. The summed E-state index contributed by atoms with van der Waals surface area (Å²) in [5.74, 6) is -1.59. The van der Waals surface area contributed by atoms with E-state index in [1.807, 2.05) is 0 Å². The van der Waals surface area contributed by atoms with Gasteiger partial charge in [0, 0.05) is 18.0 Å². The Labute approximate surface area is 101 Å². The van der Waals surface area contributed by atoms with Crippen LogP contribution in [0.25, 0.3) is 0 Å². The number of aromatic nitrogens is 1. The highest BCUT2D eigenvalue weighted by Gasteiger charge is 2.27. The fourth-order valence-corrected chi connectivity index (χ4v) is 1.26. The van der Waals surface area contributed by atoms with E-state index in [9.17, 15) is 9.59 Å². The van der Waals surface area contributed by atoms with Gasteiger partial charge < -0.3 is 4.74 Å². The van der Waals surface area contributed by atoms with Crippen LogP contribution in [-0.4, -0.2) is 22.3 Å². The van der Waals surface area contributed by atoms with Crippen LogP contribution in [0.4, 0.5) is 0 Å². The molecule has 0 bridgehead atoms. The van der Waals surface area contributed by atoms with Gasteiger partial charge in [-0.2, -0.15) is 0 Å². The molecule has 0 N–H and O–H groups in total. The molecule has 1 rings (SSSR count). The van der Waals surface area contributed by atoms with E-state index in [1.165, 1.54) is 6.20 Å². The number of nitrogens with zero attached hydrogens (tertiary/aromatic N) is 1. The van der Waals surface area contributed by atoms with E-state index in [0.717, 1.165) is 0 Å². The zero-order valence-electron chi connectivity index (χ0n) is 10.6. The quantitative estimate of drug-likeness (QED) is 0.458. The molecule has 0 fully saturated rings. The van der Waals surface area contributed by atoms with Crippen LogP contribution < -0.4 is 0 Å². The Hall–Kier alpha value is -1.71. The van der Waals surface area contributed by atoms with E-state index < -0.39 is 17.5 Å². The van der Waals surface area contributed by atoms with Gasteiger partial charge in [-0.1, -0.05) is 0 Å². The first-order valence-corrected chi connectivity index (χ1v) is 5.48. The summed E-state index contributed by atoms with van der Waals surface area (Å²) >= 11 is 0. The van der Waals surface area contributed by atoms with Crippen molar-refractivity contribution in [2.45, 2.75) is 33.3 Å². The van der Waals surface area contributed by atoms with E-state index in [1.54, 1.807) is 46.0 Å². The number of carbonyl (C=O) groups is 2. The molecule has 0 aliphatic rings. The summed E-state index contributed by atoms with van der Waals surface area (Å²) in [4.78, 5) is 27.5. The van der Waals surface area contributed by atoms with E-state index in [-0.39, 0.29) is 5.78 Å². The molecule has 0 amide bonds. The van der Waals surface area contributed by atoms with E-state index in [4.69, 9.17) is 4.74 Å². The molecule has 0 radical (unpaired) electrons. The molecule has 17 heavy (non-hydrogen) atoms. The molecule has 1 atom stereocenters. The second-order valence-electron chi connectivity index (χ2n) is 4.86. The van der Waals surface area contributed by atoms with Gasteiger partial charge in [-0.25, -0.2) is 0 Å². The molecule has 1 aromatic rings. The number of ketones is 1. The van der Waals surface area contributed by atoms with Crippen molar-refractivity contribution in [2.75, 3.05) is 0 Å². The van der Waals surface area contributed by atoms with Crippen LogP contribution in [0, 0.1) is 5.92 Å². The van der Waals surface area contributed by atoms with Crippen molar-refractivity contribution in [1.29, 1.82) is 0 Å². The Morgan fingerprint density at radius 1 is 1.35 bits per heavy atom. The molecule has 0 aliphatic heterocycles. The summed E-state index contributed by atoms with van der Waals surface area (Å²) in [6.07, 6.45) is 3.03. The fraction of sp³-hybridized carbons (Fsp3) is 0.462. The van der Waals surface area contributed by atoms with Crippen LogP contribution in [0.15, 0.2) is 24.5 Å². The minimum absolute atomic E-state index is 0.271. The first-order valence-electron chi connectivity index (χ1n) is 5.48. The summed E-state index contributed by atoms with van der Waals surface area (Å²) < 4.78 is 5.16. The van der Waals surface area contributed by atoms with Crippen molar-refractivity contribution in [3.63, 3.8) is 0 Å². The summed E-state index contributed by atoms with van der Waals surface area (Å²) in [6.45, 7) is 6.86. The zero-order valence-corrected chi connectivity index (χ0v) is 10.6. The maximum atomic E-state index is 11.9. The average Bonchev–Trinajstić information content (AvgIpc) is 2.26. The molecule has 0 saturated carbocycles. The van der Waals surface area contributed by atoms with Gasteiger partial charge in [-0.15, -0.1) is 0 Å². The SMILES string of the molecule is CC(C(=O)OC(C)(C)C)C(=O)c1cccnc1. The van der Waals surface area contributed by atoms with Crippen molar-refractivity contribution in [3.8, 4) is 0 Å². The molecule has 1 aromatic heterocycles. The van der Waals surface area contributed by atoms with Crippen LogP contribution in [0.1, 0.15) is 38.1 Å². The Morgan fingerprint density at radius 2 is 2.00 bits per heavy atom. The zero-order chi connectivity index (χ0) is 13.1. The summed E-state index contributed by atoms with van der Waals surface area (Å²) in [7, 11) is 0. The standard InChI is InChI=1S/C13H17NO3/c1-9(12(16)17-13(2,3)4)11(15)10-6-5-7-14-8-10/h5-9H,1-4H3. The van der Waals surface area contributed by atoms with Crippen LogP contribution in [0.5, 0.6) is 0 Å². The molecule has 0 saturated heterocycles. The van der Waals surface area contributed by atoms with Gasteiger partial charge in [0.25, 0.3) is 0 Å². The summed E-state index contributed by atoms with van der Waals surface area (Å²) in [6, 6.07) is 3.30. The lowest BCUT2D eigenvalue weighted by molar-refractivity contribution is -0.157. The first-order chi connectivity index (χ1) is 7.81. The lowest BCUT2D eigenvalue weighted by atomic mass is 10.0. The van der Waals surface area contributed by atoms with Gasteiger partial charge in [0.1, 0.15) is 11.5 Å². The topological polar surface area (TPSA) is 56.3 Å². The molecule has 1 unspecified atom stereocenters. The fourth-order valence-electron chi connectivity index (χ4n) is 1.26. The van der Waals surface area contributed by atoms with Crippen molar-refractivity contribution in [3.05, 3.63) is 30.1 Å². The highest BCUT2D eigenvalue weighted by atomic mass is 16.6. The third-order valence-corrected chi connectivity index (χ3v) is 2.10. The van der Waals surface area contributed by atoms with Gasteiger partial charge in [0.2, 0.25) is 0 Å². The number of pyridine rings is 1. The third kappa shape index (κ3) is 3.98. The van der Waals surface area contributed by atoms with Crippen molar-refractivity contribution < 1.29 is 14.3 Å². The highest BCUT2D eigenvalue weighted by molar-refractivity contribution is 6.08. The van der Waals surface area contributed by atoms with E-state index in [2.05, 4.69) is 4.98 Å². The van der Waals surface area contributed by atoms with Crippen LogP contribution in [0.2, 0.25) is 0 Å². The molecule has 0 aliphatic carbocycles. The smallest absolute Gasteiger partial charge is 0.317 e. The molecule has 4 heteroatoms. The van der Waals surface area contributed by atoms with E-state index in [0.29, 0.717) is 5.56 Å². The Bertz CT molecular complexity index is 406. The Balaban J connectivity index is 2.74. The molecule has 1 heterocycles. The number of esters is 1. The van der Waals surface area contributed by atoms with Gasteiger partial charge in [-0.05, 0) is 39.8 Å². The maximum absolute atomic E-state index is 11.9. The van der Waals surface area contributed by atoms with Crippen LogP contribution in [0.3, 0.4) is 0 Å². The predicted molar refractivity (Wildman–Crippen MR) is 63.6 cm³/mol. The maximum Gasteiger partial charge on any atom is 0.317 e. The van der Waals surface area contributed by atoms with E-state index >= 15 is 0 Å². The third-order valence-electron chi connectivity index (χ3n) is 2.10. The number of Topliss-reactive ketones (excluding diaryl/α,β-unsaturated/α-hetero) is 1. The molecule has 0 spiro atoms. The van der Waals surface area contributed by atoms with Crippen LogP contribution in [-0.2, 0) is 9.53 Å². The summed E-state index contributed by atoms with van der Waals surface area (Å²) in [5, 5.41) is 0. The Kier molecular flexibility index (Phi) is 3.99. The number of hydrogen-bond acceptors (Lipinski definition) is 4. The van der Waals surface area contributed by atoms with Crippen molar-refractivity contribution >= 4 is 11.8 Å². The predicted octanol–water partition coefficient (Wildman–Crippen LogP) is 2.24. The number of rotatable bonds is 3. The average molecular weight is 235 g/mol. The number of carbonyl (C=O) groups excluding carboxylic acids is 2. The lowest BCUT2D eigenvalue weighted by Gasteiger charge is -2.21. The minimum Gasteiger partial charge on any atom is -0.459 e. The van der Waals surface area contributed by atoms with Crippen molar-refractivity contribution in [1.82, 2.24) is 4.98 Å². The van der Waals surface area contributed by atoms with Gasteiger partial charge in [-0.3, -0.25) is 14.6 Å². The van der Waals surface area contributed by atoms with Gasteiger partial charge in [0.05, 0.1) is 0 Å². The summed E-state index contributed by atoms with van der Waals surface area (Å²) in [5.41, 5.74) is -0.161. The molecular weight excluding hydrogens is 218 g/mol. The van der Waals surface area contributed by atoms with Gasteiger partial charge in [0.15, 0.2) is 5.78 Å². The van der Waals surface area contributed by atoms with Crippen molar-refractivity contribution in [2.24, 2.45) is 5.92 Å². The van der Waals surface area contributed by atoms with Crippen LogP contribution >= 0.6 is 0 Å². The molecule has 0 aromatic carbocycles. The molecular formula is C13H17NO3. The number of hydrogen-bond donors (Lipinski definition) is 0. The molecule has 92 valence electrons. The Morgan fingerprint density at radius 3 is 2.47 bits per heavy atom. The van der Waals surface area contributed by atoms with Gasteiger partial charge >= 0.3 is 5.97 Å². The highest BCUT2D eigenvalue weighted by Crippen LogP contribution is 2.14. The lowest BCUT2D eigenvalue weighted by Crippen LogP contribution is -2.31. The monoisotopic (exact) mass is 235 g/mol. The first kappa shape index (κ1) is 13.4. The largest absolute Gasteiger partial charge is 0.459 e. The minimum atomic E-state index is -0.807.